The van der Waals surface area contributed by atoms with Gasteiger partial charge in [0, 0.05) is 28.4 Å². The molecule has 0 radical (unpaired) electrons. The Morgan fingerprint density at radius 3 is 2.54 bits per heavy atom. The van der Waals surface area contributed by atoms with Crippen LogP contribution in [-0.2, 0) is 25.3 Å². The first-order chi connectivity index (χ1) is 16.7. The number of carbonyl (C=O) groups excluding carboxylic acids is 3. The Morgan fingerprint density at radius 1 is 1.06 bits per heavy atom. The third kappa shape index (κ3) is 5.18. The molecule has 1 aliphatic rings. The number of fused-ring (bicyclic) bond motifs is 1. The number of para-hydroxylation sites is 1. The Bertz CT molecular complexity index is 1300. The van der Waals surface area contributed by atoms with Crippen LogP contribution in [0.3, 0.4) is 0 Å². The lowest BCUT2D eigenvalue weighted by Crippen LogP contribution is -2.24. The van der Waals surface area contributed by atoms with Gasteiger partial charge in [0.25, 0.3) is 0 Å². The molecule has 0 bridgehead atoms. The second kappa shape index (κ2) is 9.61. The van der Waals surface area contributed by atoms with E-state index in [1.807, 2.05) is 24.3 Å². The number of rotatable bonds is 7. The number of aromatic amines is 1. The van der Waals surface area contributed by atoms with Crippen LogP contribution in [0, 0.1) is 17.8 Å². The topological polar surface area (TPSA) is 113 Å². The number of anilines is 1. The van der Waals surface area contributed by atoms with Gasteiger partial charge in [-0.05, 0) is 31.2 Å². The van der Waals surface area contributed by atoms with E-state index in [4.69, 9.17) is 4.74 Å². The molecule has 0 unspecified atom stereocenters. The number of nitrogens with zero attached hydrogens (tertiary/aromatic N) is 1. The molecule has 1 heterocycles. The highest BCUT2D eigenvalue weighted by atomic mass is 19.4. The number of aromatic nitrogens is 1. The van der Waals surface area contributed by atoms with E-state index in [9.17, 15) is 27.6 Å². The molecule has 3 atom stereocenters. The summed E-state index contributed by atoms with van der Waals surface area (Å²) in [5.74, 6) is -5.42. The van der Waals surface area contributed by atoms with Gasteiger partial charge in [-0.25, -0.2) is 5.43 Å². The van der Waals surface area contributed by atoms with E-state index < -0.39 is 47.3 Å². The minimum Gasteiger partial charge on any atom is -0.466 e. The number of hydrogen-bond donors (Lipinski definition) is 3. The number of alkyl halides is 3. The third-order valence-corrected chi connectivity index (χ3v) is 5.64. The fourth-order valence-electron chi connectivity index (χ4n) is 3.93. The lowest BCUT2D eigenvalue weighted by Gasteiger charge is -2.10. The van der Waals surface area contributed by atoms with E-state index in [1.165, 1.54) is 12.3 Å². The van der Waals surface area contributed by atoms with Gasteiger partial charge in [-0.2, -0.15) is 18.3 Å². The standard InChI is InChI=1S/C24H21F3N4O4/c1-2-35-23(34)20-18(21(32)30-15-7-5-6-14(10-15)24(25,26)27)19(20)22(33)31-29-12-13-11-28-17-9-4-3-8-16(13)17/h3-12,18-20,28H,2H2,1H3,(H,30,32)(H,31,33)/b29-12+/t18-,19-,20+/m0/s1. The Morgan fingerprint density at radius 2 is 1.80 bits per heavy atom. The van der Waals surface area contributed by atoms with Crippen LogP contribution in [0.25, 0.3) is 10.9 Å². The van der Waals surface area contributed by atoms with Gasteiger partial charge in [0.05, 0.1) is 36.1 Å². The van der Waals surface area contributed by atoms with Crippen molar-refractivity contribution in [3.05, 3.63) is 65.9 Å². The lowest BCUT2D eigenvalue weighted by atomic mass is 10.2. The van der Waals surface area contributed by atoms with Crippen LogP contribution in [0.4, 0.5) is 18.9 Å². The van der Waals surface area contributed by atoms with E-state index in [2.05, 4.69) is 20.8 Å². The number of amides is 2. The molecule has 3 N–H and O–H groups in total. The van der Waals surface area contributed by atoms with Crippen molar-refractivity contribution in [2.24, 2.45) is 22.9 Å². The lowest BCUT2D eigenvalue weighted by molar-refractivity contribution is -0.146. The average molecular weight is 486 g/mol. The van der Waals surface area contributed by atoms with Crippen molar-refractivity contribution in [2.75, 3.05) is 11.9 Å². The molecule has 2 amide bonds. The summed E-state index contributed by atoms with van der Waals surface area (Å²) in [5.41, 5.74) is 2.90. The molecule has 4 rings (SSSR count). The summed E-state index contributed by atoms with van der Waals surface area (Å²) in [4.78, 5) is 40.8. The monoisotopic (exact) mass is 486 g/mol. The predicted octanol–water partition coefficient (Wildman–Crippen LogP) is 3.70. The number of hydrazone groups is 1. The van der Waals surface area contributed by atoms with Crippen molar-refractivity contribution < 1.29 is 32.3 Å². The van der Waals surface area contributed by atoms with Gasteiger partial charge < -0.3 is 15.0 Å². The number of benzene rings is 2. The highest BCUT2D eigenvalue weighted by Gasteiger charge is 2.63. The van der Waals surface area contributed by atoms with Gasteiger partial charge in [-0.3, -0.25) is 14.4 Å². The first-order valence-corrected chi connectivity index (χ1v) is 10.7. The minimum atomic E-state index is -4.58. The summed E-state index contributed by atoms with van der Waals surface area (Å²) >= 11 is 0. The third-order valence-electron chi connectivity index (χ3n) is 5.64. The summed E-state index contributed by atoms with van der Waals surface area (Å²) in [5, 5.41) is 7.17. The molecule has 0 aliphatic heterocycles. The molecule has 0 spiro atoms. The SMILES string of the molecule is CCOC(=O)[C@H]1[C@@H](C(=O)N/N=C/c2c[nH]c3ccccc23)[C@@H]1C(=O)Nc1cccc(C(F)(F)F)c1. The van der Waals surface area contributed by atoms with Crippen LogP contribution in [-0.4, -0.2) is 35.6 Å². The van der Waals surface area contributed by atoms with Crippen LogP contribution in [0.2, 0.25) is 0 Å². The number of halogens is 3. The molecule has 8 nitrogen and oxygen atoms in total. The van der Waals surface area contributed by atoms with Crippen molar-refractivity contribution in [2.45, 2.75) is 13.1 Å². The summed E-state index contributed by atoms with van der Waals surface area (Å²) < 4.78 is 43.8. The molecule has 2 aromatic carbocycles. The molecule has 1 saturated carbocycles. The normalized spacial score (nSPS) is 19.5. The highest BCUT2D eigenvalue weighted by Crippen LogP contribution is 2.48. The van der Waals surface area contributed by atoms with Crippen LogP contribution < -0.4 is 10.7 Å². The second-order valence-corrected chi connectivity index (χ2v) is 7.92. The smallest absolute Gasteiger partial charge is 0.416 e. The molecular formula is C24H21F3N4O4. The van der Waals surface area contributed by atoms with Crippen LogP contribution >= 0.6 is 0 Å². The Labute approximate surface area is 197 Å². The zero-order valence-electron chi connectivity index (χ0n) is 18.4. The molecule has 0 saturated heterocycles. The number of H-pyrrole nitrogens is 1. The summed E-state index contributed by atoms with van der Waals surface area (Å²) in [6, 6.07) is 11.6. The molecule has 35 heavy (non-hydrogen) atoms. The van der Waals surface area contributed by atoms with Crippen LogP contribution in [0.1, 0.15) is 18.1 Å². The first-order valence-electron chi connectivity index (χ1n) is 10.7. The van der Waals surface area contributed by atoms with Gasteiger partial charge in [0.1, 0.15) is 0 Å². The van der Waals surface area contributed by atoms with E-state index in [0.717, 1.165) is 34.7 Å². The Balaban J connectivity index is 1.46. The van der Waals surface area contributed by atoms with Crippen LogP contribution in [0.5, 0.6) is 0 Å². The van der Waals surface area contributed by atoms with E-state index in [0.29, 0.717) is 0 Å². The highest BCUT2D eigenvalue weighted by molar-refractivity contribution is 6.05. The Kier molecular flexibility index (Phi) is 6.59. The van der Waals surface area contributed by atoms with Crippen LogP contribution in [0.15, 0.2) is 59.8 Å². The van der Waals surface area contributed by atoms with Gasteiger partial charge in [-0.15, -0.1) is 0 Å². The largest absolute Gasteiger partial charge is 0.466 e. The molecule has 1 aliphatic carbocycles. The van der Waals surface area contributed by atoms with Gasteiger partial charge in [-0.1, -0.05) is 24.3 Å². The average Bonchev–Trinajstić information content (AvgIpc) is 3.46. The quantitative estimate of drug-likeness (QED) is 0.269. The molecule has 1 aromatic heterocycles. The predicted molar refractivity (Wildman–Crippen MR) is 121 cm³/mol. The molecule has 182 valence electrons. The summed E-state index contributed by atoms with van der Waals surface area (Å²) in [6.45, 7) is 1.63. The maximum atomic E-state index is 13.0. The number of carbonyl (C=O) groups is 3. The maximum absolute atomic E-state index is 13.0. The van der Waals surface area contributed by atoms with Gasteiger partial charge in [0.2, 0.25) is 11.8 Å². The van der Waals surface area contributed by atoms with E-state index in [-0.39, 0.29) is 12.3 Å². The number of ether oxygens (including phenoxy) is 1. The fraction of sp³-hybridized carbons (Fsp3) is 0.250. The number of hydrogen-bond acceptors (Lipinski definition) is 5. The Hall–Kier alpha value is -4.15. The molecular weight excluding hydrogens is 465 g/mol. The number of nitrogens with one attached hydrogen (secondary N) is 3. The second-order valence-electron chi connectivity index (χ2n) is 7.92. The molecule has 11 heteroatoms. The molecule has 3 aromatic rings. The summed E-state index contributed by atoms with van der Waals surface area (Å²) in [6.07, 6.45) is -1.45. The summed E-state index contributed by atoms with van der Waals surface area (Å²) in [7, 11) is 0. The van der Waals surface area contributed by atoms with Crippen molar-refractivity contribution >= 4 is 40.6 Å². The van der Waals surface area contributed by atoms with Crippen molar-refractivity contribution in [3.63, 3.8) is 0 Å². The van der Waals surface area contributed by atoms with Crippen molar-refractivity contribution in [3.8, 4) is 0 Å². The van der Waals surface area contributed by atoms with Gasteiger partial charge >= 0.3 is 12.1 Å². The first kappa shape index (κ1) is 24.0. The maximum Gasteiger partial charge on any atom is 0.416 e. The fourth-order valence-corrected chi connectivity index (χ4v) is 3.93. The zero-order chi connectivity index (χ0) is 25.2. The number of esters is 1. The van der Waals surface area contributed by atoms with Crippen molar-refractivity contribution in [1.29, 1.82) is 0 Å². The molecule has 1 fully saturated rings. The zero-order valence-corrected chi connectivity index (χ0v) is 18.4. The van der Waals surface area contributed by atoms with E-state index in [1.54, 1.807) is 13.1 Å². The van der Waals surface area contributed by atoms with Gasteiger partial charge in [0.15, 0.2) is 0 Å². The van der Waals surface area contributed by atoms with E-state index >= 15 is 0 Å². The van der Waals surface area contributed by atoms with Crippen molar-refractivity contribution in [1.82, 2.24) is 10.4 Å². The minimum absolute atomic E-state index is 0.0460.